The Kier molecular flexibility index (Phi) is 4.09. The molecule has 0 aliphatic heterocycles. The van der Waals surface area contributed by atoms with E-state index in [0.717, 1.165) is 12.8 Å². The van der Waals surface area contributed by atoms with E-state index in [0.29, 0.717) is 24.1 Å². The van der Waals surface area contributed by atoms with Gasteiger partial charge in [0.05, 0.1) is 19.1 Å². The topological polar surface area (TPSA) is 77.6 Å². The van der Waals surface area contributed by atoms with Crippen molar-refractivity contribution in [3.63, 3.8) is 0 Å². The summed E-state index contributed by atoms with van der Waals surface area (Å²) in [5.74, 6) is 1.51. The highest BCUT2D eigenvalue weighted by Crippen LogP contribution is 2.41. The molecule has 2 rings (SSSR count). The molecule has 96 valence electrons. The molecular weight excluding hydrogens is 224 g/mol. The Hall–Kier alpha value is -0.980. The van der Waals surface area contributed by atoms with Crippen LogP contribution in [0.4, 0.5) is 0 Å². The highest BCUT2D eigenvalue weighted by Gasteiger charge is 2.35. The Labute approximate surface area is 99.9 Å². The minimum absolute atomic E-state index is 0.0768. The zero-order chi connectivity index (χ0) is 12.3. The summed E-state index contributed by atoms with van der Waals surface area (Å²) in [5, 5.41) is 13.4. The first-order chi connectivity index (χ1) is 8.24. The monoisotopic (exact) mass is 242 g/mol. The highest BCUT2D eigenvalue weighted by atomic mass is 16.5. The van der Waals surface area contributed by atoms with Crippen molar-refractivity contribution in [3.8, 4) is 0 Å². The van der Waals surface area contributed by atoms with E-state index in [-0.39, 0.29) is 12.7 Å². The van der Waals surface area contributed by atoms with Gasteiger partial charge in [0.25, 0.3) is 0 Å². The Balaban J connectivity index is 1.94. The molecule has 2 atom stereocenters. The SMILES string of the molecule is COCC(O)Cc1nc(C(OC)C2CC2)no1. The molecule has 0 radical (unpaired) electrons. The van der Waals surface area contributed by atoms with Crippen molar-refractivity contribution in [2.24, 2.45) is 5.92 Å². The van der Waals surface area contributed by atoms with E-state index in [1.807, 2.05) is 0 Å². The van der Waals surface area contributed by atoms with Crippen molar-refractivity contribution in [1.82, 2.24) is 10.1 Å². The number of nitrogens with zero attached hydrogens (tertiary/aromatic N) is 2. The third-order valence-electron chi connectivity index (χ3n) is 2.81. The molecule has 0 aromatic carbocycles. The molecule has 0 amide bonds. The summed E-state index contributed by atoms with van der Waals surface area (Å²) in [5.41, 5.74) is 0. The Morgan fingerprint density at radius 2 is 2.24 bits per heavy atom. The molecule has 1 N–H and O–H groups in total. The summed E-state index contributed by atoms with van der Waals surface area (Å²) in [6, 6.07) is 0. The number of hydrogen-bond donors (Lipinski definition) is 1. The molecular formula is C11H18N2O4. The normalized spacial score (nSPS) is 19.2. The number of aliphatic hydroxyl groups excluding tert-OH is 1. The first kappa shape index (κ1) is 12.5. The van der Waals surface area contributed by atoms with Crippen LogP contribution in [0.25, 0.3) is 0 Å². The van der Waals surface area contributed by atoms with Crippen LogP contribution in [0.15, 0.2) is 4.52 Å². The van der Waals surface area contributed by atoms with Crippen molar-refractivity contribution in [2.45, 2.75) is 31.5 Å². The predicted octanol–water partition coefficient (Wildman–Crippen LogP) is 0.717. The van der Waals surface area contributed by atoms with E-state index in [2.05, 4.69) is 10.1 Å². The first-order valence-electron chi connectivity index (χ1n) is 5.77. The standard InChI is InChI=1S/C11H18N2O4/c1-15-6-8(14)5-9-12-11(13-17-9)10(16-2)7-3-4-7/h7-8,10,14H,3-6H2,1-2H3. The summed E-state index contributed by atoms with van der Waals surface area (Å²) < 4.78 is 15.3. The van der Waals surface area contributed by atoms with E-state index in [1.54, 1.807) is 7.11 Å². The van der Waals surface area contributed by atoms with E-state index in [9.17, 15) is 5.11 Å². The molecule has 1 aliphatic carbocycles. The van der Waals surface area contributed by atoms with Crippen LogP contribution < -0.4 is 0 Å². The van der Waals surface area contributed by atoms with Gasteiger partial charge in [-0.25, -0.2) is 0 Å². The smallest absolute Gasteiger partial charge is 0.229 e. The summed E-state index contributed by atoms with van der Waals surface area (Å²) in [7, 11) is 3.19. The number of rotatable bonds is 7. The van der Waals surface area contributed by atoms with Crippen LogP contribution in [0.3, 0.4) is 0 Å². The number of methoxy groups -OCH3 is 2. The molecule has 1 aromatic rings. The lowest BCUT2D eigenvalue weighted by Crippen LogP contribution is -2.17. The van der Waals surface area contributed by atoms with E-state index in [1.165, 1.54) is 7.11 Å². The van der Waals surface area contributed by atoms with Crippen molar-refractivity contribution in [2.75, 3.05) is 20.8 Å². The van der Waals surface area contributed by atoms with Crippen LogP contribution in [0.5, 0.6) is 0 Å². The molecule has 0 spiro atoms. The minimum atomic E-state index is -0.616. The van der Waals surface area contributed by atoms with Gasteiger partial charge in [0.2, 0.25) is 11.7 Å². The molecule has 1 fully saturated rings. The first-order valence-corrected chi connectivity index (χ1v) is 5.77. The van der Waals surface area contributed by atoms with Crippen LogP contribution >= 0.6 is 0 Å². The average molecular weight is 242 g/mol. The maximum Gasteiger partial charge on any atom is 0.229 e. The fourth-order valence-electron chi connectivity index (χ4n) is 1.83. The predicted molar refractivity (Wildman–Crippen MR) is 58.4 cm³/mol. The van der Waals surface area contributed by atoms with Gasteiger partial charge in [-0.15, -0.1) is 0 Å². The van der Waals surface area contributed by atoms with Gasteiger partial charge in [-0.3, -0.25) is 0 Å². The third-order valence-corrected chi connectivity index (χ3v) is 2.81. The zero-order valence-electron chi connectivity index (χ0n) is 10.1. The van der Waals surface area contributed by atoms with Gasteiger partial charge in [0.1, 0.15) is 6.10 Å². The maximum absolute atomic E-state index is 9.55. The van der Waals surface area contributed by atoms with Crippen molar-refractivity contribution in [1.29, 1.82) is 0 Å². The maximum atomic E-state index is 9.55. The van der Waals surface area contributed by atoms with Gasteiger partial charge in [-0.1, -0.05) is 5.16 Å². The quantitative estimate of drug-likeness (QED) is 0.759. The second-order valence-corrected chi connectivity index (χ2v) is 4.35. The molecule has 1 saturated carbocycles. The van der Waals surface area contributed by atoms with Gasteiger partial charge in [0.15, 0.2) is 0 Å². The summed E-state index contributed by atoms with van der Waals surface area (Å²) in [4.78, 5) is 4.25. The number of hydrogen-bond acceptors (Lipinski definition) is 6. The lowest BCUT2D eigenvalue weighted by Gasteiger charge is -2.08. The van der Waals surface area contributed by atoms with Crippen molar-refractivity contribution < 1.29 is 19.1 Å². The molecule has 1 aliphatic rings. The van der Waals surface area contributed by atoms with Gasteiger partial charge >= 0.3 is 0 Å². The number of aromatic nitrogens is 2. The van der Waals surface area contributed by atoms with Crippen LogP contribution in [-0.2, 0) is 15.9 Å². The van der Waals surface area contributed by atoms with Gasteiger partial charge in [0, 0.05) is 14.2 Å². The molecule has 0 bridgehead atoms. The molecule has 6 nitrogen and oxygen atoms in total. The second kappa shape index (κ2) is 5.57. The Morgan fingerprint density at radius 1 is 1.47 bits per heavy atom. The average Bonchev–Trinajstić information content (AvgIpc) is 3.02. The van der Waals surface area contributed by atoms with Crippen LogP contribution in [-0.4, -0.2) is 42.2 Å². The largest absolute Gasteiger partial charge is 0.390 e. The van der Waals surface area contributed by atoms with Gasteiger partial charge in [-0.05, 0) is 18.8 Å². The lowest BCUT2D eigenvalue weighted by molar-refractivity contribution is 0.0599. The zero-order valence-corrected chi connectivity index (χ0v) is 10.1. The van der Waals surface area contributed by atoms with Crippen LogP contribution in [0.2, 0.25) is 0 Å². The Bertz CT molecular complexity index is 351. The lowest BCUT2D eigenvalue weighted by atomic mass is 10.2. The Morgan fingerprint density at radius 3 is 2.82 bits per heavy atom. The number of aliphatic hydroxyl groups is 1. The summed E-state index contributed by atoms with van der Waals surface area (Å²) in [6.07, 6.45) is 1.91. The summed E-state index contributed by atoms with van der Waals surface area (Å²) >= 11 is 0. The second-order valence-electron chi connectivity index (χ2n) is 4.35. The van der Waals surface area contributed by atoms with Gasteiger partial charge < -0.3 is 19.1 Å². The summed E-state index contributed by atoms with van der Waals surface area (Å²) in [6.45, 7) is 0.258. The molecule has 1 aromatic heterocycles. The molecule has 2 unspecified atom stereocenters. The fourth-order valence-corrected chi connectivity index (χ4v) is 1.83. The molecule has 17 heavy (non-hydrogen) atoms. The van der Waals surface area contributed by atoms with Crippen molar-refractivity contribution >= 4 is 0 Å². The molecule has 6 heteroatoms. The minimum Gasteiger partial charge on any atom is -0.390 e. The fraction of sp³-hybridized carbons (Fsp3) is 0.818. The molecule has 0 saturated heterocycles. The molecule has 1 heterocycles. The highest BCUT2D eigenvalue weighted by molar-refractivity contribution is 4.98. The third kappa shape index (κ3) is 3.24. The van der Waals surface area contributed by atoms with E-state index >= 15 is 0 Å². The van der Waals surface area contributed by atoms with Crippen LogP contribution in [0.1, 0.15) is 30.7 Å². The van der Waals surface area contributed by atoms with Crippen LogP contribution in [0, 0.1) is 5.92 Å². The van der Waals surface area contributed by atoms with E-state index in [4.69, 9.17) is 14.0 Å². The number of ether oxygens (including phenoxy) is 2. The van der Waals surface area contributed by atoms with E-state index < -0.39 is 6.10 Å². The van der Waals surface area contributed by atoms with Crippen molar-refractivity contribution in [3.05, 3.63) is 11.7 Å². The van der Waals surface area contributed by atoms with Gasteiger partial charge in [-0.2, -0.15) is 4.98 Å².